The molecule has 96 valence electrons. The normalized spacial score (nSPS) is 15.6. The zero-order valence-electron chi connectivity index (χ0n) is 10.9. The van der Waals surface area contributed by atoms with E-state index < -0.39 is 5.54 Å². The van der Waals surface area contributed by atoms with Crippen LogP contribution in [0.2, 0.25) is 0 Å². The third-order valence-electron chi connectivity index (χ3n) is 3.18. The van der Waals surface area contributed by atoms with E-state index in [1.807, 2.05) is 19.9 Å². The Morgan fingerprint density at radius 3 is 2.72 bits per heavy atom. The Kier molecular flexibility index (Phi) is 3.66. The van der Waals surface area contributed by atoms with Crippen LogP contribution in [0.3, 0.4) is 0 Å². The monoisotopic (exact) mass is 245 g/mol. The van der Waals surface area contributed by atoms with Gasteiger partial charge in [-0.15, -0.1) is 0 Å². The summed E-state index contributed by atoms with van der Waals surface area (Å²) >= 11 is 0. The summed E-state index contributed by atoms with van der Waals surface area (Å²) in [7, 11) is 0. The lowest BCUT2D eigenvalue weighted by Crippen LogP contribution is -2.29. The number of hydrogen-bond acceptors (Lipinski definition) is 5. The van der Waals surface area contributed by atoms with Crippen LogP contribution in [0.1, 0.15) is 33.1 Å². The molecule has 0 spiro atoms. The second-order valence-electron chi connectivity index (χ2n) is 5.33. The first-order valence-electron chi connectivity index (χ1n) is 6.34. The maximum atomic E-state index is 8.97. The largest absolute Gasteiger partial charge is 0.370 e. The molecule has 0 atom stereocenters. The molecule has 0 unspecified atom stereocenters. The molecule has 1 aliphatic carbocycles. The van der Waals surface area contributed by atoms with E-state index in [2.05, 4.69) is 26.7 Å². The number of nitriles is 1. The van der Waals surface area contributed by atoms with Gasteiger partial charge in [-0.2, -0.15) is 5.26 Å². The zero-order chi connectivity index (χ0) is 13.0. The van der Waals surface area contributed by atoms with E-state index in [4.69, 9.17) is 5.26 Å². The summed E-state index contributed by atoms with van der Waals surface area (Å²) in [4.78, 5) is 8.30. The zero-order valence-corrected chi connectivity index (χ0v) is 10.9. The van der Waals surface area contributed by atoms with Crippen molar-refractivity contribution in [3.05, 3.63) is 12.4 Å². The highest BCUT2D eigenvalue weighted by atomic mass is 15.1. The van der Waals surface area contributed by atoms with Crippen molar-refractivity contribution in [2.75, 3.05) is 17.2 Å². The molecule has 0 aromatic carbocycles. The van der Waals surface area contributed by atoms with Gasteiger partial charge >= 0.3 is 0 Å². The van der Waals surface area contributed by atoms with Crippen molar-refractivity contribution in [3.8, 4) is 6.07 Å². The van der Waals surface area contributed by atoms with Gasteiger partial charge in [0, 0.05) is 12.6 Å². The second kappa shape index (κ2) is 5.21. The summed E-state index contributed by atoms with van der Waals surface area (Å²) in [6.07, 6.45) is 5.48. The fraction of sp³-hybridized carbons (Fsp3) is 0.615. The summed E-state index contributed by atoms with van der Waals surface area (Å²) in [5.41, 5.74) is -0.625. The highest BCUT2D eigenvalue weighted by molar-refractivity contribution is 5.48. The van der Waals surface area contributed by atoms with Crippen LogP contribution in [-0.4, -0.2) is 22.1 Å². The SMILES string of the molecule is CC(C)(C#N)Nc1cc(NCC2CCC2)ncn1. The fourth-order valence-corrected chi connectivity index (χ4v) is 1.82. The van der Waals surface area contributed by atoms with Crippen LogP contribution in [0.15, 0.2) is 12.4 Å². The summed E-state index contributed by atoms with van der Waals surface area (Å²) < 4.78 is 0. The molecule has 0 aliphatic heterocycles. The molecular formula is C13H19N5. The molecule has 1 aliphatic rings. The Morgan fingerprint density at radius 2 is 2.11 bits per heavy atom. The predicted molar refractivity (Wildman–Crippen MR) is 71.2 cm³/mol. The van der Waals surface area contributed by atoms with Crippen molar-refractivity contribution in [3.63, 3.8) is 0 Å². The number of aromatic nitrogens is 2. The lowest BCUT2D eigenvalue weighted by atomic mass is 9.85. The van der Waals surface area contributed by atoms with E-state index in [1.54, 1.807) is 0 Å². The van der Waals surface area contributed by atoms with Crippen molar-refractivity contribution < 1.29 is 0 Å². The van der Waals surface area contributed by atoms with Gasteiger partial charge in [0.05, 0.1) is 6.07 Å². The van der Waals surface area contributed by atoms with E-state index in [0.717, 1.165) is 18.3 Å². The van der Waals surface area contributed by atoms with E-state index in [-0.39, 0.29) is 0 Å². The summed E-state index contributed by atoms with van der Waals surface area (Å²) in [5.74, 6) is 2.27. The van der Waals surface area contributed by atoms with Crippen molar-refractivity contribution in [2.24, 2.45) is 5.92 Å². The maximum absolute atomic E-state index is 8.97. The van der Waals surface area contributed by atoms with Crippen LogP contribution in [0.5, 0.6) is 0 Å². The first-order chi connectivity index (χ1) is 8.59. The molecule has 0 amide bonds. The Bertz CT molecular complexity index is 445. The Morgan fingerprint density at radius 1 is 1.39 bits per heavy atom. The second-order valence-corrected chi connectivity index (χ2v) is 5.33. The van der Waals surface area contributed by atoms with Gasteiger partial charge in [0.1, 0.15) is 23.5 Å². The molecule has 1 fully saturated rings. The molecule has 1 saturated carbocycles. The standard InChI is InChI=1S/C13H19N5/c1-13(2,8-14)18-12-6-11(16-9-17-12)15-7-10-4-3-5-10/h6,9-10H,3-5,7H2,1-2H3,(H2,15,16,17,18). The summed E-state index contributed by atoms with van der Waals surface area (Å²) in [6, 6.07) is 4.03. The number of anilines is 2. The van der Waals surface area contributed by atoms with Gasteiger partial charge in [0.2, 0.25) is 0 Å². The molecular weight excluding hydrogens is 226 g/mol. The van der Waals surface area contributed by atoms with Crippen molar-refractivity contribution in [2.45, 2.75) is 38.6 Å². The lowest BCUT2D eigenvalue weighted by molar-refractivity contribution is 0.333. The molecule has 1 aromatic rings. The third-order valence-corrected chi connectivity index (χ3v) is 3.18. The van der Waals surface area contributed by atoms with E-state index >= 15 is 0 Å². The van der Waals surface area contributed by atoms with Gasteiger partial charge in [-0.25, -0.2) is 9.97 Å². The molecule has 0 bridgehead atoms. The molecule has 1 aromatic heterocycles. The topological polar surface area (TPSA) is 73.6 Å². The third kappa shape index (κ3) is 3.33. The van der Waals surface area contributed by atoms with Crippen LogP contribution in [0.25, 0.3) is 0 Å². The van der Waals surface area contributed by atoms with E-state index in [9.17, 15) is 0 Å². The van der Waals surface area contributed by atoms with Crippen LogP contribution < -0.4 is 10.6 Å². The van der Waals surface area contributed by atoms with Gasteiger partial charge < -0.3 is 10.6 Å². The minimum absolute atomic E-state index is 0.625. The summed E-state index contributed by atoms with van der Waals surface area (Å²) in [6.45, 7) is 4.60. The molecule has 18 heavy (non-hydrogen) atoms. The van der Waals surface area contributed by atoms with Crippen LogP contribution in [0.4, 0.5) is 11.6 Å². The molecule has 5 nitrogen and oxygen atoms in total. The van der Waals surface area contributed by atoms with Gasteiger partial charge in [0.25, 0.3) is 0 Å². The average Bonchev–Trinajstić information content (AvgIpc) is 2.27. The van der Waals surface area contributed by atoms with Gasteiger partial charge in [-0.3, -0.25) is 0 Å². The highest BCUT2D eigenvalue weighted by Gasteiger charge is 2.18. The minimum atomic E-state index is -0.625. The molecule has 0 saturated heterocycles. The van der Waals surface area contributed by atoms with Crippen LogP contribution in [-0.2, 0) is 0 Å². The minimum Gasteiger partial charge on any atom is -0.370 e. The van der Waals surface area contributed by atoms with Crippen LogP contribution in [0, 0.1) is 17.2 Å². The fourth-order valence-electron chi connectivity index (χ4n) is 1.82. The quantitative estimate of drug-likeness (QED) is 0.833. The first kappa shape index (κ1) is 12.6. The average molecular weight is 245 g/mol. The van der Waals surface area contributed by atoms with Crippen molar-refractivity contribution in [1.29, 1.82) is 5.26 Å². The van der Waals surface area contributed by atoms with Crippen molar-refractivity contribution >= 4 is 11.6 Å². The lowest BCUT2D eigenvalue weighted by Gasteiger charge is -2.25. The van der Waals surface area contributed by atoms with Gasteiger partial charge in [-0.1, -0.05) is 6.42 Å². The van der Waals surface area contributed by atoms with Gasteiger partial charge in [-0.05, 0) is 32.6 Å². The van der Waals surface area contributed by atoms with Gasteiger partial charge in [0.15, 0.2) is 0 Å². The predicted octanol–water partition coefficient (Wildman–Crippen LogP) is 2.40. The highest BCUT2D eigenvalue weighted by Crippen LogP contribution is 2.26. The smallest absolute Gasteiger partial charge is 0.132 e. The molecule has 2 rings (SSSR count). The van der Waals surface area contributed by atoms with Crippen molar-refractivity contribution in [1.82, 2.24) is 9.97 Å². The maximum Gasteiger partial charge on any atom is 0.132 e. The number of hydrogen-bond donors (Lipinski definition) is 2. The first-order valence-corrected chi connectivity index (χ1v) is 6.34. The molecule has 2 N–H and O–H groups in total. The summed E-state index contributed by atoms with van der Waals surface area (Å²) in [5, 5.41) is 15.4. The number of rotatable bonds is 5. The number of nitrogens with zero attached hydrogens (tertiary/aromatic N) is 3. The molecule has 0 radical (unpaired) electrons. The van der Waals surface area contributed by atoms with Crippen LogP contribution >= 0.6 is 0 Å². The van der Waals surface area contributed by atoms with E-state index in [0.29, 0.717) is 5.82 Å². The molecule has 5 heteroatoms. The Balaban J connectivity index is 1.94. The van der Waals surface area contributed by atoms with E-state index in [1.165, 1.54) is 25.6 Å². The Hall–Kier alpha value is -1.83. The Labute approximate surface area is 108 Å². The molecule has 1 heterocycles. The number of nitrogens with one attached hydrogen (secondary N) is 2.